The van der Waals surface area contributed by atoms with Gasteiger partial charge in [-0.1, -0.05) is 23.7 Å². The first-order valence-corrected chi connectivity index (χ1v) is 6.44. The Bertz CT molecular complexity index is 420. The van der Waals surface area contributed by atoms with Crippen LogP contribution in [0.1, 0.15) is 19.4 Å². The molecule has 2 saturated heterocycles. The van der Waals surface area contributed by atoms with Crippen LogP contribution in [0.2, 0.25) is 5.02 Å². The summed E-state index contributed by atoms with van der Waals surface area (Å²) >= 11 is 5.89. The highest BCUT2D eigenvalue weighted by atomic mass is 35.5. The van der Waals surface area contributed by atoms with Gasteiger partial charge in [-0.15, -0.1) is 0 Å². The van der Waals surface area contributed by atoms with Crippen molar-refractivity contribution in [2.45, 2.75) is 31.5 Å². The van der Waals surface area contributed by atoms with Gasteiger partial charge >= 0.3 is 0 Å². The van der Waals surface area contributed by atoms with Crippen molar-refractivity contribution >= 4 is 11.6 Å². The molecule has 2 nitrogen and oxygen atoms in total. The van der Waals surface area contributed by atoms with Crippen molar-refractivity contribution in [3.63, 3.8) is 0 Å². The normalized spacial score (nSPS) is 34.2. The van der Waals surface area contributed by atoms with Crippen molar-refractivity contribution in [1.82, 2.24) is 0 Å². The van der Waals surface area contributed by atoms with Crippen molar-refractivity contribution in [2.24, 2.45) is 5.92 Å². The van der Waals surface area contributed by atoms with Gasteiger partial charge in [-0.3, -0.25) is 0 Å². The van der Waals surface area contributed by atoms with Crippen molar-refractivity contribution < 1.29 is 9.47 Å². The van der Waals surface area contributed by atoms with Gasteiger partial charge in [0, 0.05) is 10.9 Å². The van der Waals surface area contributed by atoms with E-state index in [1.807, 2.05) is 12.1 Å². The van der Waals surface area contributed by atoms with Gasteiger partial charge in [0.15, 0.2) is 0 Å². The van der Waals surface area contributed by atoms with Crippen LogP contribution in [0.5, 0.6) is 0 Å². The van der Waals surface area contributed by atoms with E-state index >= 15 is 0 Å². The maximum Gasteiger partial charge on any atom is 0.125 e. The van der Waals surface area contributed by atoms with Crippen LogP contribution in [0.15, 0.2) is 24.3 Å². The lowest BCUT2D eigenvalue weighted by Crippen LogP contribution is -2.39. The van der Waals surface area contributed by atoms with E-state index in [0.29, 0.717) is 5.92 Å². The molecule has 92 valence electrons. The van der Waals surface area contributed by atoms with Crippen LogP contribution in [0.25, 0.3) is 0 Å². The number of benzene rings is 1. The quantitative estimate of drug-likeness (QED) is 0.755. The number of rotatable bonds is 2. The standard InChI is InChI=1S/C14H17ClO2/c1-13(2)14(9-17-14)11(8-16-13)7-10-3-5-12(15)6-4-10/h3-6,11H,7-9H2,1-2H3. The second kappa shape index (κ2) is 3.71. The summed E-state index contributed by atoms with van der Waals surface area (Å²) in [7, 11) is 0. The minimum atomic E-state index is -0.149. The number of hydrogen-bond acceptors (Lipinski definition) is 2. The summed E-state index contributed by atoms with van der Waals surface area (Å²) in [5, 5.41) is 0.786. The minimum Gasteiger partial charge on any atom is -0.372 e. The fourth-order valence-electron chi connectivity index (χ4n) is 2.85. The van der Waals surface area contributed by atoms with Crippen LogP contribution >= 0.6 is 11.6 Å². The van der Waals surface area contributed by atoms with Gasteiger partial charge in [0.2, 0.25) is 0 Å². The Labute approximate surface area is 107 Å². The van der Waals surface area contributed by atoms with E-state index in [-0.39, 0.29) is 11.2 Å². The molecular formula is C14H17ClO2. The zero-order chi connectivity index (χ0) is 12.1. The molecule has 2 heterocycles. The number of epoxide rings is 1. The molecule has 0 N–H and O–H groups in total. The van der Waals surface area contributed by atoms with Gasteiger partial charge in [0.05, 0.1) is 18.8 Å². The predicted octanol–water partition coefficient (Wildman–Crippen LogP) is 3.08. The van der Waals surface area contributed by atoms with Crippen LogP contribution in [0, 0.1) is 5.92 Å². The van der Waals surface area contributed by atoms with Crippen LogP contribution in [-0.2, 0) is 15.9 Å². The van der Waals surface area contributed by atoms with E-state index in [2.05, 4.69) is 26.0 Å². The molecule has 1 aromatic carbocycles. The molecule has 2 aliphatic rings. The van der Waals surface area contributed by atoms with Crippen molar-refractivity contribution in [3.05, 3.63) is 34.9 Å². The Morgan fingerprint density at radius 2 is 1.88 bits per heavy atom. The van der Waals surface area contributed by atoms with Crippen molar-refractivity contribution in [1.29, 1.82) is 0 Å². The maximum atomic E-state index is 5.89. The van der Waals surface area contributed by atoms with E-state index < -0.39 is 0 Å². The topological polar surface area (TPSA) is 21.8 Å². The van der Waals surface area contributed by atoms with Crippen LogP contribution in [0.4, 0.5) is 0 Å². The van der Waals surface area contributed by atoms with Crippen molar-refractivity contribution in [3.8, 4) is 0 Å². The van der Waals surface area contributed by atoms with Crippen LogP contribution in [0.3, 0.4) is 0 Å². The van der Waals surface area contributed by atoms with Gasteiger partial charge in [-0.05, 0) is 38.0 Å². The Kier molecular flexibility index (Phi) is 2.51. The lowest BCUT2D eigenvalue weighted by atomic mass is 9.80. The van der Waals surface area contributed by atoms with E-state index in [9.17, 15) is 0 Å². The highest BCUT2D eigenvalue weighted by Crippen LogP contribution is 2.52. The predicted molar refractivity (Wildman–Crippen MR) is 67.4 cm³/mol. The number of ether oxygens (including phenoxy) is 2. The summed E-state index contributed by atoms with van der Waals surface area (Å²) in [5.41, 5.74) is 1.10. The number of hydrogen-bond donors (Lipinski definition) is 0. The molecule has 0 amide bonds. The molecule has 0 saturated carbocycles. The van der Waals surface area contributed by atoms with Gasteiger partial charge in [0.1, 0.15) is 5.60 Å². The summed E-state index contributed by atoms with van der Waals surface area (Å²) in [6, 6.07) is 8.06. The zero-order valence-electron chi connectivity index (χ0n) is 10.2. The average Bonchev–Trinajstić information content (AvgIpc) is 3.04. The second-order valence-corrected chi connectivity index (χ2v) is 5.96. The molecule has 2 atom stereocenters. The highest BCUT2D eigenvalue weighted by Gasteiger charge is 2.66. The van der Waals surface area contributed by atoms with Crippen LogP contribution in [-0.4, -0.2) is 24.4 Å². The van der Waals surface area contributed by atoms with Gasteiger partial charge in [-0.25, -0.2) is 0 Å². The monoisotopic (exact) mass is 252 g/mol. The van der Waals surface area contributed by atoms with E-state index in [0.717, 1.165) is 24.7 Å². The summed E-state index contributed by atoms with van der Waals surface area (Å²) in [4.78, 5) is 0. The van der Waals surface area contributed by atoms with Gasteiger partial charge in [-0.2, -0.15) is 0 Å². The fraction of sp³-hybridized carbons (Fsp3) is 0.571. The molecular weight excluding hydrogens is 236 g/mol. The molecule has 1 spiro atoms. The Morgan fingerprint density at radius 3 is 2.47 bits per heavy atom. The largest absolute Gasteiger partial charge is 0.372 e. The fourth-order valence-corrected chi connectivity index (χ4v) is 2.97. The van der Waals surface area contributed by atoms with Crippen molar-refractivity contribution in [2.75, 3.05) is 13.2 Å². The molecule has 0 radical (unpaired) electrons. The zero-order valence-corrected chi connectivity index (χ0v) is 11.0. The third-order valence-electron chi connectivity index (χ3n) is 4.17. The Balaban J connectivity index is 1.77. The average molecular weight is 253 g/mol. The Hall–Kier alpha value is -0.570. The number of halogens is 1. The summed E-state index contributed by atoms with van der Waals surface area (Å²) in [5.74, 6) is 0.457. The van der Waals surface area contributed by atoms with Crippen LogP contribution < -0.4 is 0 Å². The highest BCUT2D eigenvalue weighted by molar-refractivity contribution is 6.30. The minimum absolute atomic E-state index is 0.0490. The SMILES string of the molecule is CC1(C)OCC(Cc2ccc(Cl)cc2)C12CO2. The van der Waals surface area contributed by atoms with E-state index in [4.69, 9.17) is 21.1 Å². The second-order valence-electron chi connectivity index (χ2n) is 5.53. The summed E-state index contributed by atoms with van der Waals surface area (Å²) < 4.78 is 11.6. The first kappa shape index (κ1) is 11.5. The lowest BCUT2D eigenvalue weighted by molar-refractivity contribution is -0.00158. The molecule has 17 heavy (non-hydrogen) atoms. The first-order chi connectivity index (χ1) is 8.03. The molecule has 2 aliphatic heterocycles. The molecule has 1 aromatic rings. The van der Waals surface area contributed by atoms with Gasteiger partial charge < -0.3 is 9.47 Å². The van der Waals surface area contributed by atoms with E-state index in [1.165, 1.54) is 5.56 Å². The molecule has 3 heteroatoms. The first-order valence-electron chi connectivity index (χ1n) is 6.06. The Morgan fingerprint density at radius 1 is 1.24 bits per heavy atom. The molecule has 0 aromatic heterocycles. The molecule has 3 rings (SSSR count). The lowest BCUT2D eigenvalue weighted by Gasteiger charge is -2.25. The molecule has 0 bridgehead atoms. The third kappa shape index (κ3) is 1.79. The third-order valence-corrected chi connectivity index (χ3v) is 4.43. The van der Waals surface area contributed by atoms with E-state index in [1.54, 1.807) is 0 Å². The summed E-state index contributed by atoms with van der Waals surface area (Å²) in [6.45, 7) is 5.87. The summed E-state index contributed by atoms with van der Waals surface area (Å²) in [6.07, 6.45) is 1.00. The maximum absolute atomic E-state index is 5.89. The van der Waals surface area contributed by atoms with Gasteiger partial charge in [0.25, 0.3) is 0 Å². The molecule has 0 aliphatic carbocycles. The molecule has 2 unspecified atom stereocenters. The molecule has 2 fully saturated rings. The smallest absolute Gasteiger partial charge is 0.125 e.